The lowest BCUT2D eigenvalue weighted by atomic mass is 9.76. The third kappa shape index (κ3) is 4.79. The number of hydrogen-bond acceptors (Lipinski definition) is 4. The number of anilines is 2. The minimum Gasteiger partial charge on any atom is -0.337 e. The molecule has 1 aliphatic rings. The van der Waals surface area contributed by atoms with Gasteiger partial charge in [0.25, 0.3) is 0 Å². The molecule has 0 radical (unpaired) electrons. The predicted octanol–water partition coefficient (Wildman–Crippen LogP) is 5.79. The molecule has 1 N–H and O–H groups in total. The third-order valence-electron chi connectivity index (χ3n) is 6.71. The maximum Gasteiger partial charge on any atom is 0.169 e. The van der Waals surface area contributed by atoms with Crippen LogP contribution in [0.4, 0.5) is 11.4 Å². The second-order valence-corrected chi connectivity index (χ2v) is 8.86. The minimum absolute atomic E-state index is 0.0468. The number of Topliss-reactive ketones (excluding diaryl/α,β-unsaturated/α-hetero) is 2. The first-order valence-corrected chi connectivity index (χ1v) is 12.0. The molecule has 1 heterocycles. The van der Waals surface area contributed by atoms with Crippen molar-refractivity contribution in [2.75, 3.05) is 18.0 Å². The summed E-state index contributed by atoms with van der Waals surface area (Å²) in [5.41, 5.74) is 3.25. The van der Waals surface area contributed by atoms with Crippen molar-refractivity contribution in [2.24, 2.45) is 11.8 Å². The molecule has 0 saturated carbocycles. The number of rotatable bonds is 7. The van der Waals surface area contributed by atoms with Crippen molar-refractivity contribution >= 4 is 22.9 Å². The molecule has 4 heteroatoms. The Balaban J connectivity index is 1.66. The Bertz CT molecular complexity index is 1160. The fourth-order valence-corrected chi connectivity index (χ4v) is 5.08. The zero-order valence-corrected chi connectivity index (χ0v) is 19.5. The molecule has 35 heavy (non-hydrogen) atoms. The highest BCUT2D eigenvalue weighted by atomic mass is 16.1. The van der Waals surface area contributed by atoms with E-state index in [0.29, 0.717) is 24.2 Å². The van der Waals surface area contributed by atoms with E-state index in [9.17, 15) is 9.59 Å². The average Bonchev–Trinajstić information content (AvgIpc) is 2.94. The van der Waals surface area contributed by atoms with Crippen molar-refractivity contribution in [1.82, 2.24) is 5.32 Å². The zero-order valence-electron chi connectivity index (χ0n) is 19.5. The van der Waals surface area contributed by atoms with Crippen LogP contribution in [0, 0.1) is 11.8 Å². The lowest BCUT2D eigenvalue weighted by molar-refractivity contribution is 0.0773. The van der Waals surface area contributed by atoms with Crippen LogP contribution in [0.25, 0.3) is 0 Å². The van der Waals surface area contributed by atoms with Gasteiger partial charge in [0.05, 0.1) is 17.9 Å². The summed E-state index contributed by atoms with van der Waals surface area (Å²) in [7, 11) is 0. The maximum absolute atomic E-state index is 13.9. The first-order chi connectivity index (χ1) is 17.2. The second-order valence-electron chi connectivity index (χ2n) is 8.86. The monoisotopic (exact) mass is 460 g/mol. The number of piperidine rings is 1. The van der Waals surface area contributed by atoms with Crippen molar-refractivity contribution in [3.8, 4) is 0 Å². The van der Waals surface area contributed by atoms with Crippen LogP contribution in [0.3, 0.4) is 0 Å². The summed E-state index contributed by atoms with van der Waals surface area (Å²) in [6.07, 6.45) is 0. The summed E-state index contributed by atoms with van der Waals surface area (Å²) >= 11 is 0. The molecular weight excluding hydrogens is 432 g/mol. The number of nitrogens with one attached hydrogen (secondary N) is 1. The molecule has 0 aliphatic carbocycles. The number of carbonyl (C=O) groups is 2. The van der Waals surface area contributed by atoms with E-state index in [1.54, 1.807) is 0 Å². The SMILES string of the molecule is O=C(c1ccccc1)C1CNCC(C(=O)c2ccccc2)C1N(c1ccccc1)c1ccccc1. The molecule has 1 saturated heterocycles. The molecule has 4 aromatic rings. The van der Waals surface area contributed by atoms with Gasteiger partial charge in [-0.3, -0.25) is 9.59 Å². The molecule has 2 unspecified atom stereocenters. The highest BCUT2D eigenvalue weighted by molar-refractivity contribution is 6.02. The molecule has 4 aromatic carbocycles. The van der Waals surface area contributed by atoms with E-state index in [1.807, 2.05) is 121 Å². The molecule has 2 atom stereocenters. The van der Waals surface area contributed by atoms with Crippen LogP contribution in [0.15, 0.2) is 121 Å². The maximum atomic E-state index is 13.9. The smallest absolute Gasteiger partial charge is 0.169 e. The van der Waals surface area contributed by atoms with Gasteiger partial charge >= 0.3 is 0 Å². The van der Waals surface area contributed by atoms with Crippen molar-refractivity contribution in [2.45, 2.75) is 6.04 Å². The fraction of sp³-hybridized carbons (Fsp3) is 0.161. The van der Waals surface area contributed by atoms with Crippen LogP contribution in [0.1, 0.15) is 20.7 Å². The number of ketones is 2. The molecule has 0 aromatic heterocycles. The topological polar surface area (TPSA) is 49.4 Å². The average molecular weight is 461 g/mol. The van der Waals surface area contributed by atoms with Gasteiger partial charge in [-0.25, -0.2) is 0 Å². The van der Waals surface area contributed by atoms with E-state index in [1.165, 1.54) is 0 Å². The van der Waals surface area contributed by atoms with E-state index in [4.69, 9.17) is 0 Å². The number of nitrogens with zero attached hydrogens (tertiary/aromatic N) is 1. The summed E-state index contributed by atoms with van der Waals surface area (Å²) in [6.45, 7) is 1.01. The highest BCUT2D eigenvalue weighted by Crippen LogP contribution is 2.37. The molecular formula is C31H28N2O2. The van der Waals surface area contributed by atoms with Gasteiger partial charge in [0.1, 0.15) is 0 Å². The van der Waals surface area contributed by atoms with Gasteiger partial charge in [0, 0.05) is 35.6 Å². The highest BCUT2D eigenvalue weighted by Gasteiger charge is 2.45. The van der Waals surface area contributed by atoms with Crippen molar-refractivity contribution in [3.05, 3.63) is 132 Å². The molecule has 5 rings (SSSR count). The number of para-hydroxylation sites is 2. The number of benzene rings is 4. The van der Waals surface area contributed by atoms with Crippen molar-refractivity contribution in [3.63, 3.8) is 0 Å². The molecule has 4 nitrogen and oxygen atoms in total. The van der Waals surface area contributed by atoms with Gasteiger partial charge < -0.3 is 10.2 Å². The van der Waals surface area contributed by atoms with Crippen LogP contribution in [-0.2, 0) is 0 Å². The Kier molecular flexibility index (Phi) is 6.82. The van der Waals surface area contributed by atoms with E-state index >= 15 is 0 Å². The summed E-state index contributed by atoms with van der Waals surface area (Å²) in [4.78, 5) is 30.0. The first-order valence-electron chi connectivity index (χ1n) is 12.0. The lowest BCUT2D eigenvalue weighted by Crippen LogP contribution is -2.58. The first kappa shape index (κ1) is 22.8. The predicted molar refractivity (Wildman–Crippen MR) is 140 cm³/mol. The van der Waals surface area contributed by atoms with Gasteiger partial charge in [-0.15, -0.1) is 0 Å². The Labute approximate surface area is 206 Å². The van der Waals surface area contributed by atoms with Gasteiger partial charge in [0.2, 0.25) is 0 Å². The summed E-state index contributed by atoms with van der Waals surface area (Å²) < 4.78 is 0. The van der Waals surface area contributed by atoms with Crippen LogP contribution in [-0.4, -0.2) is 30.7 Å². The van der Waals surface area contributed by atoms with Gasteiger partial charge in [0.15, 0.2) is 11.6 Å². The van der Waals surface area contributed by atoms with Gasteiger partial charge in [-0.1, -0.05) is 97.1 Å². The van der Waals surface area contributed by atoms with E-state index in [-0.39, 0.29) is 17.6 Å². The Morgan fingerprint density at radius 3 is 1.26 bits per heavy atom. The lowest BCUT2D eigenvalue weighted by Gasteiger charge is -2.45. The molecule has 1 aliphatic heterocycles. The number of hydrogen-bond donors (Lipinski definition) is 1. The standard InChI is InChI=1S/C31H28N2O2/c34-30(23-13-5-1-6-14-23)27-21-32-22-28(31(35)24-15-7-2-8-16-24)29(27)33(25-17-9-3-10-18-25)26-19-11-4-12-20-26/h1-20,27-29,32H,21-22H2. The summed E-state index contributed by atoms with van der Waals surface area (Å²) in [5, 5.41) is 3.41. The molecule has 174 valence electrons. The normalized spacial score (nSPS) is 19.6. The molecule has 0 amide bonds. The molecule has 0 bridgehead atoms. The quantitative estimate of drug-likeness (QED) is 0.355. The largest absolute Gasteiger partial charge is 0.337 e. The number of carbonyl (C=O) groups excluding carboxylic acids is 2. The van der Waals surface area contributed by atoms with Gasteiger partial charge in [-0.05, 0) is 24.3 Å². The zero-order chi connectivity index (χ0) is 24.0. The van der Waals surface area contributed by atoms with Crippen LogP contribution in [0.2, 0.25) is 0 Å². The van der Waals surface area contributed by atoms with Crippen molar-refractivity contribution < 1.29 is 9.59 Å². The van der Waals surface area contributed by atoms with E-state index in [2.05, 4.69) is 10.2 Å². The Morgan fingerprint density at radius 2 is 0.886 bits per heavy atom. The Morgan fingerprint density at radius 1 is 0.543 bits per heavy atom. The summed E-state index contributed by atoms with van der Waals surface area (Å²) in [6, 6.07) is 38.6. The second kappa shape index (κ2) is 10.5. The van der Waals surface area contributed by atoms with Crippen LogP contribution >= 0.6 is 0 Å². The third-order valence-corrected chi connectivity index (χ3v) is 6.71. The van der Waals surface area contributed by atoms with E-state index in [0.717, 1.165) is 11.4 Å². The molecule has 0 spiro atoms. The fourth-order valence-electron chi connectivity index (χ4n) is 5.08. The molecule has 1 fully saturated rings. The van der Waals surface area contributed by atoms with E-state index < -0.39 is 11.8 Å². The van der Waals surface area contributed by atoms with Crippen LogP contribution < -0.4 is 10.2 Å². The van der Waals surface area contributed by atoms with Crippen LogP contribution in [0.5, 0.6) is 0 Å². The summed E-state index contributed by atoms with van der Waals surface area (Å²) in [5.74, 6) is -0.732. The minimum atomic E-state index is -0.413. The van der Waals surface area contributed by atoms with Gasteiger partial charge in [-0.2, -0.15) is 0 Å². The Hall–Kier alpha value is -4.02. The van der Waals surface area contributed by atoms with Crippen molar-refractivity contribution in [1.29, 1.82) is 0 Å².